The van der Waals surface area contributed by atoms with E-state index in [-0.39, 0.29) is 48.6 Å². The van der Waals surface area contributed by atoms with Crippen molar-refractivity contribution in [2.24, 2.45) is 11.1 Å². The molecule has 2 aromatic rings. The van der Waals surface area contributed by atoms with Crippen LogP contribution in [0, 0.1) is 5.92 Å². The highest BCUT2D eigenvalue weighted by Gasteiger charge is 2.36. The van der Waals surface area contributed by atoms with Crippen LogP contribution >= 0.6 is 46.4 Å². The number of carbonyl (C=O) groups excluding carboxylic acids is 3. The summed E-state index contributed by atoms with van der Waals surface area (Å²) in [6, 6.07) is 10.1. The standard InChI is InChI=1S/C32H39Cl4N5O4/c1-37-30(42)17-21-4-3-10-41(32(21)44)25-7-11-40(12-8-25)13-9-26(20-5-6-27(35)28(36)16-20)29(38-45)19-39(2)31(43)22-14-23(33)18-24(34)15-22/h5-6,14-16,18,21,25-26,45H,3-4,7-13,17,19H2,1-2H3,(H,37,42)/b38-29+. The molecule has 0 aromatic heterocycles. The van der Waals surface area contributed by atoms with Crippen LogP contribution in [-0.2, 0) is 9.59 Å². The van der Waals surface area contributed by atoms with Gasteiger partial charge in [0.2, 0.25) is 11.8 Å². The van der Waals surface area contributed by atoms with Crippen LogP contribution in [0.4, 0.5) is 0 Å². The van der Waals surface area contributed by atoms with Crippen LogP contribution in [0.15, 0.2) is 41.6 Å². The summed E-state index contributed by atoms with van der Waals surface area (Å²) in [6.07, 6.45) is 4.18. The van der Waals surface area contributed by atoms with Crippen molar-refractivity contribution < 1.29 is 19.6 Å². The Morgan fingerprint density at radius 2 is 1.71 bits per heavy atom. The van der Waals surface area contributed by atoms with Gasteiger partial charge in [0.15, 0.2) is 0 Å². The lowest BCUT2D eigenvalue weighted by atomic mass is 9.89. The molecule has 2 aliphatic heterocycles. The molecule has 2 saturated heterocycles. The molecule has 0 aliphatic carbocycles. The Balaban J connectivity index is 1.42. The number of amides is 3. The Morgan fingerprint density at radius 1 is 1.02 bits per heavy atom. The van der Waals surface area contributed by atoms with Crippen molar-refractivity contribution in [3.05, 3.63) is 67.6 Å². The minimum Gasteiger partial charge on any atom is -0.411 e. The van der Waals surface area contributed by atoms with Crippen LogP contribution in [0.2, 0.25) is 20.1 Å². The first-order valence-corrected chi connectivity index (χ1v) is 16.6. The van der Waals surface area contributed by atoms with Gasteiger partial charge in [-0.05, 0) is 74.5 Å². The maximum Gasteiger partial charge on any atom is 0.254 e. The van der Waals surface area contributed by atoms with Crippen molar-refractivity contribution in [1.29, 1.82) is 0 Å². The number of oxime groups is 1. The number of carbonyl (C=O) groups is 3. The molecule has 2 atom stereocenters. The molecular formula is C32H39Cl4N5O4. The maximum atomic E-state index is 13.2. The lowest BCUT2D eigenvalue weighted by Gasteiger charge is -2.42. The van der Waals surface area contributed by atoms with E-state index in [4.69, 9.17) is 46.4 Å². The Labute approximate surface area is 284 Å². The second kappa shape index (κ2) is 16.3. The van der Waals surface area contributed by atoms with Crippen molar-refractivity contribution in [2.75, 3.05) is 46.8 Å². The number of hydrogen-bond acceptors (Lipinski definition) is 6. The molecule has 0 saturated carbocycles. The number of rotatable bonds is 11. The molecule has 0 bridgehead atoms. The third-order valence-electron chi connectivity index (χ3n) is 8.76. The highest BCUT2D eigenvalue weighted by atomic mass is 35.5. The fourth-order valence-electron chi connectivity index (χ4n) is 6.30. The Hall–Kier alpha value is -2.56. The zero-order valence-corrected chi connectivity index (χ0v) is 28.5. The van der Waals surface area contributed by atoms with Gasteiger partial charge in [0.1, 0.15) is 0 Å². The topological polar surface area (TPSA) is 106 Å². The predicted octanol–water partition coefficient (Wildman–Crippen LogP) is 6.22. The number of likely N-dealkylation sites (tertiary alicyclic amines) is 2. The van der Waals surface area contributed by atoms with E-state index in [0.29, 0.717) is 44.3 Å². The molecule has 13 heteroatoms. The summed E-state index contributed by atoms with van der Waals surface area (Å²) >= 11 is 24.8. The summed E-state index contributed by atoms with van der Waals surface area (Å²) in [7, 11) is 3.22. The zero-order chi connectivity index (χ0) is 32.7. The van der Waals surface area contributed by atoms with Gasteiger partial charge in [-0.15, -0.1) is 0 Å². The SMILES string of the molecule is CNC(=O)CC1CCCN(C2CCN(CCC(/C(CN(C)C(=O)c3cc(Cl)cc(Cl)c3)=N/O)c3ccc(Cl)c(Cl)c3)CC2)C1=O. The van der Waals surface area contributed by atoms with E-state index in [1.54, 1.807) is 44.4 Å². The van der Waals surface area contributed by atoms with Crippen molar-refractivity contribution >= 4 is 69.8 Å². The van der Waals surface area contributed by atoms with Crippen LogP contribution in [0.1, 0.15) is 60.4 Å². The van der Waals surface area contributed by atoms with Gasteiger partial charge >= 0.3 is 0 Å². The number of nitrogens with zero attached hydrogens (tertiary/aromatic N) is 4. The molecule has 244 valence electrons. The van der Waals surface area contributed by atoms with E-state index in [0.717, 1.165) is 50.9 Å². The largest absolute Gasteiger partial charge is 0.411 e. The van der Waals surface area contributed by atoms with Gasteiger partial charge < -0.3 is 25.2 Å². The normalized spacial score (nSPS) is 19.0. The van der Waals surface area contributed by atoms with E-state index < -0.39 is 0 Å². The van der Waals surface area contributed by atoms with Gasteiger partial charge in [-0.1, -0.05) is 57.6 Å². The van der Waals surface area contributed by atoms with E-state index in [2.05, 4.69) is 15.4 Å². The van der Waals surface area contributed by atoms with Crippen LogP contribution in [0.3, 0.4) is 0 Å². The fourth-order valence-corrected chi connectivity index (χ4v) is 7.13. The molecule has 0 spiro atoms. The Kier molecular flexibility index (Phi) is 12.8. The number of nitrogens with one attached hydrogen (secondary N) is 1. The average molecular weight is 700 g/mol. The van der Waals surface area contributed by atoms with Crippen LogP contribution in [-0.4, -0.2) is 96.2 Å². The zero-order valence-electron chi connectivity index (χ0n) is 25.4. The summed E-state index contributed by atoms with van der Waals surface area (Å²) in [4.78, 5) is 44.1. The molecule has 2 heterocycles. The third-order valence-corrected chi connectivity index (χ3v) is 9.93. The van der Waals surface area contributed by atoms with Gasteiger partial charge in [0, 0.05) is 73.6 Å². The monoisotopic (exact) mass is 697 g/mol. The molecule has 2 N–H and O–H groups in total. The summed E-state index contributed by atoms with van der Waals surface area (Å²) < 4.78 is 0. The molecule has 3 amide bonds. The lowest BCUT2D eigenvalue weighted by molar-refractivity contribution is -0.144. The molecule has 2 aliphatic rings. The van der Waals surface area contributed by atoms with E-state index in [1.165, 1.54) is 4.90 Å². The quantitative estimate of drug-likeness (QED) is 0.165. The molecule has 0 radical (unpaired) electrons. The first-order valence-electron chi connectivity index (χ1n) is 15.1. The first-order chi connectivity index (χ1) is 21.5. The van der Waals surface area contributed by atoms with Gasteiger partial charge in [0.25, 0.3) is 5.91 Å². The minimum atomic E-state index is -0.352. The Bertz CT molecular complexity index is 1400. The predicted molar refractivity (Wildman–Crippen MR) is 179 cm³/mol. The number of piperidine rings is 2. The average Bonchev–Trinajstić information content (AvgIpc) is 3.02. The van der Waals surface area contributed by atoms with E-state index in [9.17, 15) is 19.6 Å². The number of halogens is 4. The minimum absolute atomic E-state index is 0.0563. The lowest BCUT2D eigenvalue weighted by Crippen LogP contribution is -2.52. The van der Waals surface area contributed by atoms with Crippen molar-refractivity contribution in [3.63, 3.8) is 0 Å². The fraction of sp³-hybridized carbons (Fsp3) is 0.500. The van der Waals surface area contributed by atoms with E-state index >= 15 is 0 Å². The second-order valence-electron chi connectivity index (χ2n) is 11.7. The smallest absolute Gasteiger partial charge is 0.254 e. The summed E-state index contributed by atoms with van der Waals surface area (Å²) in [5.41, 5.74) is 1.54. The maximum absolute atomic E-state index is 13.2. The van der Waals surface area contributed by atoms with Gasteiger partial charge in [-0.3, -0.25) is 14.4 Å². The first kappa shape index (κ1) is 35.3. The van der Waals surface area contributed by atoms with Crippen LogP contribution < -0.4 is 5.32 Å². The third kappa shape index (κ3) is 9.26. The van der Waals surface area contributed by atoms with Crippen molar-refractivity contribution in [3.8, 4) is 0 Å². The van der Waals surface area contributed by atoms with Gasteiger partial charge in [-0.25, -0.2) is 0 Å². The number of hydrogen-bond donors (Lipinski definition) is 2. The summed E-state index contributed by atoms with van der Waals surface area (Å²) in [5, 5.41) is 18.0. The Morgan fingerprint density at radius 3 is 2.33 bits per heavy atom. The van der Waals surface area contributed by atoms with Gasteiger partial charge in [-0.2, -0.15) is 0 Å². The summed E-state index contributed by atoms with van der Waals surface area (Å²) in [6.45, 7) is 3.10. The molecule has 2 unspecified atom stereocenters. The summed E-state index contributed by atoms with van der Waals surface area (Å²) in [5.74, 6) is -0.932. The molecule has 45 heavy (non-hydrogen) atoms. The second-order valence-corrected chi connectivity index (χ2v) is 13.4. The van der Waals surface area contributed by atoms with Crippen molar-refractivity contribution in [2.45, 2.75) is 50.5 Å². The van der Waals surface area contributed by atoms with E-state index in [1.807, 2.05) is 11.0 Å². The molecule has 4 rings (SSSR count). The van der Waals surface area contributed by atoms with Crippen LogP contribution in [0.5, 0.6) is 0 Å². The molecule has 9 nitrogen and oxygen atoms in total. The molecular weight excluding hydrogens is 660 g/mol. The van der Waals surface area contributed by atoms with Crippen LogP contribution in [0.25, 0.3) is 0 Å². The van der Waals surface area contributed by atoms with Gasteiger partial charge in [0.05, 0.1) is 22.3 Å². The number of benzene rings is 2. The van der Waals surface area contributed by atoms with Crippen molar-refractivity contribution in [1.82, 2.24) is 20.0 Å². The molecule has 2 fully saturated rings. The highest BCUT2D eigenvalue weighted by Crippen LogP contribution is 2.31. The highest BCUT2D eigenvalue weighted by molar-refractivity contribution is 6.42. The molecule has 2 aromatic carbocycles.